The molecule has 2 aromatic heterocycles. The second-order valence-electron chi connectivity index (χ2n) is 15.8. The summed E-state index contributed by atoms with van der Waals surface area (Å²) in [5.74, 6) is 0. The molecule has 0 bridgehead atoms. The second kappa shape index (κ2) is 13.0. The van der Waals surface area contributed by atoms with Gasteiger partial charge >= 0.3 is 0 Å². The molecule has 0 saturated carbocycles. The number of fused-ring (bicyclic) bond motifs is 10. The van der Waals surface area contributed by atoms with Gasteiger partial charge in [-0.1, -0.05) is 182 Å². The summed E-state index contributed by atoms with van der Waals surface area (Å²) < 4.78 is 9.62. The second-order valence-corrected chi connectivity index (χ2v) is 16.9. The number of hydrogen-bond donors (Lipinski definition) is 0. The van der Waals surface area contributed by atoms with E-state index >= 15 is 0 Å². The van der Waals surface area contributed by atoms with Crippen molar-refractivity contribution in [1.29, 1.82) is 0 Å². The zero-order valence-corrected chi connectivity index (χ0v) is 33.3. The molecule has 2 heterocycles. The standard InChI is InChI=1S/C58H34OS/c1-2-16-35(17-3-1)53-37-18-4-6-20-39(37)54(40-21-7-5-19-38(40)53)36-32-33-50-49(34-36)45-27-14-29-48(58(45)59-50)56-43-24-10-8-22-41(43)55(42-23-9-11-25-44(42)56)47-28-15-31-52-57(47)46-26-12-13-30-51(46)60-52/h1-34H. The first kappa shape index (κ1) is 33.5. The number of para-hydroxylation sites is 1. The smallest absolute Gasteiger partial charge is 0.143 e. The van der Waals surface area contributed by atoms with Gasteiger partial charge in [0.25, 0.3) is 0 Å². The van der Waals surface area contributed by atoms with Gasteiger partial charge in [-0.2, -0.15) is 0 Å². The van der Waals surface area contributed by atoms with Crippen LogP contribution in [0.25, 0.3) is 130 Å². The topological polar surface area (TPSA) is 13.1 Å². The van der Waals surface area contributed by atoms with E-state index in [1.807, 2.05) is 11.3 Å². The van der Waals surface area contributed by atoms with E-state index in [0.717, 1.165) is 27.5 Å². The Morgan fingerprint density at radius 3 is 1.35 bits per heavy atom. The molecule has 0 radical (unpaired) electrons. The van der Waals surface area contributed by atoms with Gasteiger partial charge in [-0.05, 0) is 101 Å². The number of hydrogen-bond acceptors (Lipinski definition) is 2. The summed E-state index contributed by atoms with van der Waals surface area (Å²) in [6, 6.07) is 75.5. The summed E-state index contributed by atoms with van der Waals surface area (Å²) in [6.07, 6.45) is 0. The van der Waals surface area contributed by atoms with Gasteiger partial charge < -0.3 is 4.42 Å². The minimum Gasteiger partial charge on any atom is -0.455 e. The highest BCUT2D eigenvalue weighted by atomic mass is 32.1. The first-order chi connectivity index (χ1) is 29.8. The molecule has 0 spiro atoms. The third-order valence-corrected chi connectivity index (χ3v) is 13.8. The van der Waals surface area contributed by atoms with E-state index in [1.165, 1.54) is 102 Å². The van der Waals surface area contributed by atoms with Crippen molar-refractivity contribution in [2.75, 3.05) is 0 Å². The van der Waals surface area contributed by atoms with E-state index < -0.39 is 0 Å². The fourth-order valence-electron chi connectivity index (χ4n) is 10.2. The molecular weight excluding hydrogens is 745 g/mol. The van der Waals surface area contributed by atoms with Gasteiger partial charge in [0.2, 0.25) is 0 Å². The molecule has 60 heavy (non-hydrogen) atoms. The molecule has 13 rings (SSSR count). The Kier molecular flexibility index (Phi) is 7.24. The predicted molar refractivity (Wildman–Crippen MR) is 258 cm³/mol. The Morgan fingerprint density at radius 1 is 0.283 bits per heavy atom. The maximum absolute atomic E-state index is 6.99. The monoisotopic (exact) mass is 778 g/mol. The van der Waals surface area contributed by atoms with E-state index in [-0.39, 0.29) is 0 Å². The van der Waals surface area contributed by atoms with Gasteiger partial charge in [-0.3, -0.25) is 0 Å². The van der Waals surface area contributed by atoms with Crippen LogP contribution in [0.4, 0.5) is 0 Å². The lowest BCUT2D eigenvalue weighted by Crippen LogP contribution is -1.91. The van der Waals surface area contributed by atoms with Gasteiger partial charge in [0, 0.05) is 42.1 Å². The molecule has 0 aliphatic rings. The van der Waals surface area contributed by atoms with E-state index in [2.05, 4.69) is 206 Å². The summed E-state index contributed by atoms with van der Waals surface area (Å²) in [6.45, 7) is 0. The van der Waals surface area contributed by atoms with Gasteiger partial charge in [0.05, 0.1) is 0 Å². The maximum Gasteiger partial charge on any atom is 0.143 e. The summed E-state index contributed by atoms with van der Waals surface area (Å²) in [5.41, 5.74) is 11.6. The molecule has 13 aromatic rings. The van der Waals surface area contributed by atoms with Crippen LogP contribution in [0.1, 0.15) is 0 Å². The fraction of sp³-hybridized carbons (Fsp3) is 0. The zero-order chi connectivity index (χ0) is 39.3. The molecule has 0 fully saturated rings. The van der Waals surface area contributed by atoms with Gasteiger partial charge in [0.1, 0.15) is 11.2 Å². The SMILES string of the molecule is c1ccc(-c2c3ccccc3c(-c3ccc4oc5c(-c6c7ccccc7c(-c7cccc8sc9ccccc9c78)c7ccccc67)cccc5c4c3)c3ccccc23)cc1. The highest BCUT2D eigenvalue weighted by molar-refractivity contribution is 7.26. The van der Waals surface area contributed by atoms with Crippen LogP contribution in [-0.2, 0) is 0 Å². The molecule has 11 aromatic carbocycles. The van der Waals surface area contributed by atoms with Gasteiger partial charge in [-0.15, -0.1) is 11.3 Å². The average molecular weight is 779 g/mol. The van der Waals surface area contributed by atoms with Crippen LogP contribution in [0.15, 0.2) is 211 Å². The number of furan rings is 1. The highest BCUT2D eigenvalue weighted by Crippen LogP contribution is 2.50. The molecule has 0 aliphatic carbocycles. The average Bonchev–Trinajstić information content (AvgIpc) is 3.89. The molecule has 0 saturated heterocycles. The van der Waals surface area contributed by atoms with Crippen LogP contribution in [0.2, 0.25) is 0 Å². The summed E-state index contributed by atoms with van der Waals surface area (Å²) in [4.78, 5) is 0. The van der Waals surface area contributed by atoms with Crippen molar-refractivity contribution >= 4 is 96.5 Å². The van der Waals surface area contributed by atoms with Crippen molar-refractivity contribution < 1.29 is 4.42 Å². The Labute approximate surface area is 350 Å². The predicted octanol–water partition coefficient (Wildman–Crippen LogP) is 17.2. The maximum atomic E-state index is 6.99. The molecular formula is C58H34OS. The van der Waals surface area contributed by atoms with Crippen molar-refractivity contribution in [2.45, 2.75) is 0 Å². The molecule has 1 nitrogen and oxygen atoms in total. The van der Waals surface area contributed by atoms with E-state index in [1.54, 1.807) is 0 Å². The lowest BCUT2D eigenvalue weighted by atomic mass is 9.84. The minimum atomic E-state index is 0.886. The molecule has 278 valence electrons. The van der Waals surface area contributed by atoms with E-state index in [0.29, 0.717) is 0 Å². The largest absolute Gasteiger partial charge is 0.455 e. The van der Waals surface area contributed by atoms with E-state index in [9.17, 15) is 0 Å². The number of thiophene rings is 1. The van der Waals surface area contributed by atoms with Crippen LogP contribution in [-0.4, -0.2) is 0 Å². The lowest BCUT2D eigenvalue weighted by Gasteiger charge is -2.18. The summed E-state index contributed by atoms with van der Waals surface area (Å²) in [5, 5.41) is 14.8. The van der Waals surface area contributed by atoms with Gasteiger partial charge in [-0.25, -0.2) is 0 Å². The Morgan fingerprint density at radius 2 is 0.733 bits per heavy atom. The third-order valence-electron chi connectivity index (χ3n) is 12.7. The van der Waals surface area contributed by atoms with Crippen LogP contribution in [0, 0.1) is 0 Å². The van der Waals surface area contributed by atoms with Crippen LogP contribution < -0.4 is 0 Å². The highest BCUT2D eigenvalue weighted by Gasteiger charge is 2.23. The first-order valence-corrected chi connectivity index (χ1v) is 21.4. The minimum absolute atomic E-state index is 0.886. The van der Waals surface area contributed by atoms with Crippen LogP contribution in [0.3, 0.4) is 0 Å². The van der Waals surface area contributed by atoms with Crippen molar-refractivity contribution in [1.82, 2.24) is 0 Å². The third kappa shape index (κ3) is 4.80. The molecule has 0 unspecified atom stereocenters. The van der Waals surface area contributed by atoms with E-state index in [4.69, 9.17) is 4.42 Å². The van der Waals surface area contributed by atoms with Crippen molar-refractivity contribution in [3.63, 3.8) is 0 Å². The molecule has 0 N–H and O–H groups in total. The lowest BCUT2D eigenvalue weighted by molar-refractivity contribution is 0.670. The zero-order valence-electron chi connectivity index (χ0n) is 32.4. The Balaban J connectivity index is 1.06. The summed E-state index contributed by atoms with van der Waals surface area (Å²) in [7, 11) is 0. The number of rotatable bonds is 4. The van der Waals surface area contributed by atoms with Gasteiger partial charge in [0.15, 0.2) is 0 Å². The molecule has 0 amide bonds. The first-order valence-electron chi connectivity index (χ1n) is 20.6. The Bertz CT molecular complexity index is 3770. The van der Waals surface area contributed by atoms with Crippen LogP contribution in [0.5, 0.6) is 0 Å². The number of benzene rings is 11. The van der Waals surface area contributed by atoms with Crippen molar-refractivity contribution in [3.8, 4) is 44.5 Å². The van der Waals surface area contributed by atoms with Crippen LogP contribution >= 0.6 is 11.3 Å². The molecule has 2 heteroatoms. The fourth-order valence-corrected chi connectivity index (χ4v) is 11.3. The van der Waals surface area contributed by atoms with Crippen molar-refractivity contribution in [3.05, 3.63) is 206 Å². The molecule has 0 atom stereocenters. The summed E-state index contributed by atoms with van der Waals surface area (Å²) >= 11 is 1.87. The quantitative estimate of drug-likeness (QED) is 0.162. The van der Waals surface area contributed by atoms with Crippen molar-refractivity contribution in [2.24, 2.45) is 0 Å². The normalized spacial score (nSPS) is 12.0. The Hall–Kier alpha value is -7.52. The molecule has 0 aliphatic heterocycles.